The highest BCUT2D eigenvalue weighted by atomic mass is 79.9. The second-order valence-corrected chi connectivity index (χ2v) is 4.52. The van der Waals surface area contributed by atoms with E-state index in [0.29, 0.717) is 5.56 Å². The molecule has 0 radical (unpaired) electrons. The molecule has 1 N–H and O–H groups in total. The summed E-state index contributed by atoms with van der Waals surface area (Å²) < 4.78 is 0.863. The molecule has 1 aromatic carbocycles. The molecule has 0 fully saturated rings. The summed E-state index contributed by atoms with van der Waals surface area (Å²) in [6.45, 7) is 1.79. The number of aromatic amines is 1. The van der Waals surface area contributed by atoms with E-state index in [0.717, 1.165) is 15.7 Å². The average molecular weight is 289 g/mol. The highest BCUT2D eigenvalue weighted by molar-refractivity contribution is 9.10. The van der Waals surface area contributed by atoms with Gasteiger partial charge in [-0.25, -0.2) is 0 Å². The zero-order valence-corrected chi connectivity index (χ0v) is 10.7. The van der Waals surface area contributed by atoms with Gasteiger partial charge in [0, 0.05) is 15.7 Å². The second-order valence-electron chi connectivity index (χ2n) is 3.66. The summed E-state index contributed by atoms with van der Waals surface area (Å²) in [4.78, 5) is 14.3. The van der Waals surface area contributed by atoms with E-state index in [9.17, 15) is 4.79 Å². The summed E-state index contributed by atoms with van der Waals surface area (Å²) in [5.74, 6) is 0. The van der Waals surface area contributed by atoms with Crippen LogP contribution in [0.3, 0.4) is 0 Å². The monoisotopic (exact) mass is 288 g/mol. The Kier molecular flexibility index (Phi) is 3.12. The Balaban J connectivity index is 2.81. The first kappa shape index (κ1) is 11.6. The van der Waals surface area contributed by atoms with Crippen molar-refractivity contribution in [2.75, 3.05) is 0 Å². The maximum atomic E-state index is 11.7. The van der Waals surface area contributed by atoms with Gasteiger partial charge in [-0.05, 0) is 24.6 Å². The number of benzene rings is 1. The Morgan fingerprint density at radius 2 is 2.00 bits per heavy atom. The molecule has 2 aromatic rings. The predicted molar refractivity (Wildman–Crippen MR) is 69.7 cm³/mol. The Morgan fingerprint density at radius 1 is 1.29 bits per heavy atom. The van der Waals surface area contributed by atoms with Gasteiger partial charge in [0.05, 0.1) is 0 Å². The molecule has 0 bridgehead atoms. The van der Waals surface area contributed by atoms with Crippen LogP contribution in [0.5, 0.6) is 0 Å². The van der Waals surface area contributed by atoms with Crippen LogP contribution in [-0.2, 0) is 0 Å². The molecule has 1 heterocycles. The highest BCUT2D eigenvalue weighted by Gasteiger charge is 2.11. The minimum Gasteiger partial charge on any atom is -0.325 e. The zero-order valence-electron chi connectivity index (χ0n) is 9.12. The molecule has 0 spiro atoms. The molecular weight excluding hydrogens is 280 g/mol. The molecule has 3 nitrogen and oxygen atoms in total. The number of H-pyrrole nitrogens is 1. The number of hydrogen-bond acceptors (Lipinski definition) is 2. The summed E-state index contributed by atoms with van der Waals surface area (Å²) in [6, 6.07) is 11.3. The topological polar surface area (TPSA) is 56.6 Å². The van der Waals surface area contributed by atoms with Crippen LogP contribution in [0.25, 0.3) is 11.1 Å². The third-order valence-corrected chi connectivity index (χ3v) is 3.14. The van der Waals surface area contributed by atoms with Gasteiger partial charge in [0.1, 0.15) is 11.6 Å². The summed E-state index contributed by atoms with van der Waals surface area (Å²) in [7, 11) is 0. The molecule has 0 saturated carbocycles. The molecule has 1 aromatic heterocycles. The molecule has 0 saturated heterocycles. The molecule has 0 aliphatic rings. The number of hydrogen-bond donors (Lipinski definition) is 1. The van der Waals surface area contributed by atoms with Gasteiger partial charge in [0.25, 0.3) is 5.56 Å². The van der Waals surface area contributed by atoms with E-state index in [-0.39, 0.29) is 11.1 Å². The quantitative estimate of drug-likeness (QED) is 0.877. The van der Waals surface area contributed by atoms with Crippen LogP contribution in [-0.4, -0.2) is 4.98 Å². The number of aryl methyl sites for hydroxylation is 1. The van der Waals surface area contributed by atoms with Gasteiger partial charge >= 0.3 is 0 Å². The lowest BCUT2D eigenvalue weighted by Crippen LogP contribution is -2.12. The van der Waals surface area contributed by atoms with Crippen LogP contribution in [0.4, 0.5) is 0 Å². The largest absolute Gasteiger partial charge is 0.325 e. The molecule has 17 heavy (non-hydrogen) atoms. The van der Waals surface area contributed by atoms with Gasteiger partial charge in [-0.15, -0.1) is 0 Å². The van der Waals surface area contributed by atoms with Crippen molar-refractivity contribution in [3.63, 3.8) is 0 Å². The van der Waals surface area contributed by atoms with Crippen LogP contribution in [0, 0.1) is 18.3 Å². The Labute approximate surface area is 107 Å². The van der Waals surface area contributed by atoms with Crippen LogP contribution in [0.2, 0.25) is 0 Å². The molecule has 0 unspecified atom stereocenters. The van der Waals surface area contributed by atoms with Crippen LogP contribution in [0.15, 0.2) is 39.6 Å². The summed E-state index contributed by atoms with van der Waals surface area (Å²) in [6.07, 6.45) is 0. The lowest BCUT2D eigenvalue weighted by molar-refractivity contribution is 1.13. The van der Waals surface area contributed by atoms with Crippen LogP contribution < -0.4 is 5.56 Å². The van der Waals surface area contributed by atoms with E-state index in [1.807, 2.05) is 30.3 Å². The van der Waals surface area contributed by atoms with Gasteiger partial charge in [0.15, 0.2) is 0 Å². The maximum absolute atomic E-state index is 11.7. The summed E-state index contributed by atoms with van der Waals surface area (Å²) >= 11 is 3.42. The van der Waals surface area contributed by atoms with E-state index >= 15 is 0 Å². The van der Waals surface area contributed by atoms with E-state index in [1.165, 1.54) is 0 Å². The van der Waals surface area contributed by atoms with Crippen molar-refractivity contribution >= 4 is 15.9 Å². The molecular formula is C13H9BrN2O. The van der Waals surface area contributed by atoms with Crippen molar-refractivity contribution in [1.29, 1.82) is 5.26 Å². The van der Waals surface area contributed by atoms with Crippen molar-refractivity contribution in [3.8, 4) is 17.2 Å². The van der Waals surface area contributed by atoms with Crippen molar-refractivity contribution in [2.24, 2.45) is 0 Å². The van der Waals surface area contributed by atoms with Crippen LogP contribution in [0.1, 0.15) is 11.3 Å². The van der Waals surface area contributed by atoms with E-state index in [1.54, 1.807) is 13.0 Å². The minimum atomic E-state index is -0.349. The third kappa shape index (κ3) is 2.15. The first-order valence-electron chi connectivity index (χ1n) is 5.02. The third-order valence-electron chi connectivity index (χ3n) is 2.44. The SMILES string of the molecule is Cc1cc(-c2ccccc2Br)c(C#N)c(=O)[nH]1. The van der Waals surface area contributed by atoms with E-state index < -0.39 is 0 Å². The van der Waals surface area contributed by atoms with Crippen molar-refractivity contribution < 1.29 is 0 Å². The fourth-order valence-electron chi connectivity index (χ4n) is 1.69. The fourth-order valence-corrected chi connectivity index (χ4v) is 2.19. The number of halogens is 1. The van der Waals surface area contributed by atoms with Gasteiger partial charge in [-0.3, -0.25) is 4.79 Å². The number of pyridine rings is 1. The smallest absolute Gasteiger partial charge is 0.266 e. The fraction of sp³-hybridized carbons (Fsp3) is 0.0769. The van der Waals surface area contributed by atoms with Gasteiger partial charge in [-0.2, -0.15) is 5.26 Å². The summed E-state index contributed by atoms with van der Waals surface area (Å²) in [5, 5.41) is 9.06. The van der Waals surface area contributed by atoms with Crippen molar-refractivity contribution in [3.05, 3.63) is 56.4 Å². The Bertz CT molecular complexity index is 668. The van der Waals surface area contributed by atoms with Crippen LogP contribution >= 0.6 is 15.9 Å². The molecule has 0 amide bonds. The van der Waals surface area contributed by atoms with E-state index in [4.69, 9.17) is 5.26 Å². The highest BCUT2D eigenvalue weighted by Crippen LogP contribution is 2.29. The molecule has 2 rings (SSSR count). The van der Waals surface area contributed by atoms with Gasteiger partial charge < -0.3 is 4.98 Å². The molecule has 4 heteroatoms. The number of nitrogens with one attached hydrogen (secondary N) is 1. The second kappa shape index (κ2) is 4.56. The first-order chi connectivity index (χ1) is 8.13. The van der Waals surface area contributed by atoms with E-state index in [2.05, 4.69) is 20.9 Å². The number of rotatable bonds is 1. The Morgan fingerprint density at radius 3 is 2.65 bits per heavy atom. The lowest BCUT2D eigenvalue weighted by Gasteiger charge is -2.07. The Hall–Kier alpha value is -1.86. The number of nitrogens with zero attached hydrogens (tertiary/aromatic N) is 1. The van der Waals surface area contributed by atoms with Gasteiger partial charge in [0.2, 0.25) is 0 Å². The normalized spacial score (nSPS) is 9.94. The minimum absolute atomic E-state index is 0.141. The molecule has 84 valence electrons. The zero-order chi connectivity index (χ0) is 12.4. The molecule has 0 aliphatic heterocycles. The average Bonchev–Trinajstić information content (AvgIpc) is 2.28. The van der Waals surface area contributed by atoms with Crippen molar-refractivity contribution in [2.45, 2.75) is 6.92 Å². The van der Waals surface area contributed by atoms with Crippen molar-refractivity contribution in [1.82, 2.24) is 4.98 Å². The lowest BCUT2D eigenvalue weighted by atomic mass is 10.0. The standard InChI is InChI=1S/C13H9BrN2O/c1-8-6-10(11(7-15)13(17)16-8)9-4-2-3-5-12(9)14/h2-6H,1H3,(H,16,17). The number of aromatic nitrogens is 1. The molecule has 0 atom stereocenters. The maximum Gasteiger partial charge on any atom is 0.266 e. The molecule has 0 aliphatic carbocycles. The first-order valence-corrected chi connectivity index (χ1v) is 5.81. The van der Waals surface area contributed by atoms with Gasteiger partial charge in [-0.1, -0.05) is 34.1 Å². The summed E-state index contributed by atoms with van der Waals surface area (Å²) in [5.41, 5.74) is 2.03. The predicted octanol–water partition coefficient (Wildman–Crippen LogP) is 2.98. The number of nitriles is 1.